The first-order chi connectivity index (χ1) is 13.2. The maximum atomic E-state index is 12.6. The van der Waals surface area contributed by atoms with E-state index in [1.807, 2.05) is 6.07 Å². The van der Waals surface area contributed by atoms with Gasteiger partial charge in [-0.3, -0.25) is 19.7 Å². The van der Waals surface area contributed by atoms with Crippen molar-refractivity contribution in [2.75, 3.05) is 0 Å². The maximum Gasteiger partial charge on any atom is 0.288 e. The number of nitrogens with one attached hydrogen (secondary N) is 2. The summed E-state index contributed by atoms with van der Waals surface area (Å²) in [5, 5.41) is 16.9. The second kappa shape index (κ2) is 9.52. The Labute approximate surface area is 172 Å². The highest BCUT2D eigenvalue weighted by Crippen LogP contribution is 2.25. The summed E-state index contributed by atoms with van der Waals surface area (Å²) in [5.74, 6) is -1.17. The van der Waals surface area contributed by atoms with Crippen LogP contribution in [0.1, 0.15) is 29.8 Å². The van der Waals surface area contributed by atoms with E-state index in [4.69, 9.17) is 23.2 Å². The lowest BCUT2D eigenvalue weighted by Gasteiger charge is -2.22. The van der Waals surface area contributed by atoms with Crippen molar-refractivity contribution in [1.29, 1.82) is 0 Å². The molecule has 0 saturated carbocycles. The Bertz CT molecular complexity index is 902. The van der Waals surface area contributed by atoms with Crippen LogP contribution in [0.25, 0.3) is 0 Å². The molecular weight excluding hydrogens is 405 g/mol. The van der Waals surface area contributed by atoms with Crippen molar-refractivity contribution in [1.82, 2.24) is 10.6 Å². The van der Waals surface area contributed by atoms with Gasteiger partial charge in [-0.15, -0.1) is 0 Å². The highest BCUT2D eigenvalue weighted by Gasteiger charge is 2.25. The summed E-state index contributed by atoms with van der Waals surface area (Å²) < 4.78 is 0. The summed E-state index contributed by atoms with van der Waals surface area (Å²) >= 11 is 11.7. The normalized spacial score (nSPS) is 11.8. The first-order valence-corrected chi connectivity index (χ1v) is 9.21. The molecule has 2 amide bonds. The zero-order valence-electron chi connectivity index (χ0n) is 15.2. The molecule has 2 N–H and O–H groups in total. The molecule has 148 valence electrons. The van der Waals surface area contributed by atoms with Crippen LogP contribution in [0.15, 0.2) is 42.5 Å². The minimum Gasteiger partial charge on any atom is -0.350 e. The van der Waals surface area contributed by atoms with Crippen molar-refractivity contribution in [3.63, 3.8) is 0 Å². The van der Waals surface area contributed by atoms with Crippen LogP contribution >= 0.6 is 23.2 Å². The summed E-state index contributed by atoms with van der Waals surface area (Å²) in [6.07, 6.45) is 0. The fourth-order valence-corrected chi connectivity index (χ4v) is 2.90. The molecular formula is C19H19Cl2N3O4. The first-order valence-electron chi connectivity index (χ1n) is 8.46. The van der Waals surface area contributed by atoms with Crippen LogP contribution in [0.2, 0.25) is 10.0 Å². The number of nitrogens with zero attached hydrogens (tertiary/aromatic N) is 1. The van der Waals surface area contributed by atoms with Crippen LogP contribution in [0, 0.1) is 16.0 Å². The quantitative estimate of drug-likeness (QED) is 0.519. The van der Waals surface area contributed by atoms with Gasteiger partial charge in [0.2, 0.25) is 5.91 Å². The molecule has 0 aromatic heterocycles. The van der Waals surface area contributed by atoms with Gasteiger partial charge in [0, 0.05) is 23.2 Å². The molecule has 0 aliphatic rings. The van der Waals surface area contributed by atoms with Crippen molar-refractivity contribution < 1.29 is 14.5 Å². The first kappa shape index (κ1) is 21.7. The number of hydrogen-bond donors (Lipinski definition) is 2. The highest BCUT2D eigenvalue weighted by molar-refractivity contribution is 6.32. The van der Waals surface area contributed by atoms with E-state index in [0.29, 0.717) is 5.02 Å². The molecule has 2 rings (SSSR count). The number of carbonyl (C=O) groups excluding carboxylic acids is 2. The predicted molar refractivity (Wildman–Crippen MR) is 107 cm³/mol. The second-order valence-electron chi connectivity index (χ2n) is 6.47. The van der Waals surface area contributed by atoms with Gasteiger partial charge in [0.15, 0.2) is 0 Å². The molecule has 0 aliphatic carbocycles. The molecule has 9 heteroatoms. The van der Waals surface area contributed by atoms with Crippen molar-refractivity contribution in [2.24, 2.45) is 5.92 Å². The van der Waals surface area contributed by atoms with Crippen LogP contribution in [0.4, 0.5) is 5.69 Å². The zero-order chi connectivity index (χ0) is 20.8. The van der Waals surface area contributed by atoms with Crippen molar-refractivity contribution in [3.05, 3.63) is 73.8 Å². The van der Waals surface area contributed by atoms with E-state index < -0.39 is 16.9 Å². The zero-order valence-corrected chi connectivity index (χ0v) is 16.8. The third kappa shape index (κ3) is 5.68. The summed E-state index contributed by atoms with van der Waals surface area (Å²) in [5.41, 5.74) is 0.494. The van der Waals surface area contributed by atoms with E-state index in [1.54, 1.807) is 32.0 Å². The van der Waals surface area contributed by atoms with E-state index >= 15 is 0 Å². The van der Waals surface area contributed by atoms with E-state index in [1.165, 1.54) is 12.1 Å². The van der Waals surface area contributed by atoms with E-state index in [0.717, 1.165) is 11.6 Å². The van der Waals surface area contributed by atoms with E-state index in [2.05, 4.69) is 10.6 Å². The smallest absolute Gasteiger partial charge is 0.288 e. The lowest BCUT2D eigenvalue weighted by atomic mass is 10.0. The molecule has 0 heterocycles. The van der Waals surface area contributed by atoms with Crippen molar-refractivity contribution in [2.45, 2.75) is 26.4 Å². The monoisotopic (exact) mass is 423 g/mol. The largest absolute Gasteiger partial charge is 0.350 e. The summed E-state index contributed by atoms with van der Waals surface area (Å²) in [7, 11) is 0. The Kier molecular flexibility index (Phi) is 7.37. The molecule has 1 atom stereocenters. The van der Waals surface area contributed by atoms with Crippen LogP contribution in [0.3, 0.4) is 0 Å². The topological polar surface area (TPSA) is 101 Å². The second-order valence-corrected chi connectivity index (χ2v) is 7.31. The lowest BCUT2D eigenvalue weighted by Crippen LogP contribution is -2.49. The van der Waals surface area contributed by atoms with Crippen LogP contribution < -0.4 is 10.6 Å². The fraction of sp³-hybridized carbons (Fsp3) is 0.263. The predicted octanol–water partition coefficient (Wildman–Crippen LogP) is 3.97. The minimum atomic E-state index is -0.818. The van der Waals surface area contributed by atoms with Gasteiger partial charge in [-0.05, 0) is 35.7 Å². The van der Waals surface area contributed by atoms with Gasteiger partial charge in [-0.25, -0.2) is 0 Å². The average Bonchev–Trinajstić information content (AvgIpc) is 2.64. The number of nitro groups is 1. The number of halogens is 2. The highest BCUT2D eigenvalue weighted by atomic mass is 35.5. The Balaban J connectivity index is 2.09. The Hall–Kier alpha value is -2.64. The van der Waals surface area contributed by atoms with Gasteiger partial charge in [0.1, 0.15) is 11.1 Å². The SMILES string of the molecule is CC(C)C(NC(=O)c1ccc(Cl)c([N+](=O)[O-])c1)C(=O)NCc1cccc(Cl)c1. The molecule has 2 aromatic carbocycles. The van der Waals surface area contributed by atoms with Crippen molar-refractivity contribution in [3.8, 4) is 0 Å². The van der Waals surface area contributed by atoms with Crippen LogP contribution in [0.5, 0.6) is 0 Å². The molecule has 0 bridgehead atoms. The van der Waals surface area contributed by atoms with Crippen LogP contribution in [-0.4, -0.2) is 22.8 Å². The van der Waals surface area contributed by atoms with Crippen LogP contribution in [-0.2, 0) is 11.3 Å². The third-order valence-electron chi connectivity index (χ3n) is 4.00. The van der Waals surface area contributed by atoms with E-state index in [9.17, 15) is 19.7 Å². The Morgan fingerprint density at radius 3 is 2.46 bits per heavy atom. The summed E-state index contributed by atoms with van der Waals surface area (Å²) in [4.78, 5) is 35.4. The van der Waals surface area contributed by atoms with Gasteiger partial charge >= 0.3 is 0 Å². The number of carbonyl (C=O) groups is 2. The van der Waals surface area contributed by atoms with Gasteiger partial charge in [-0.1, -0.05) is 49.2 Å². The third-order valence-corrected chi connectivity index (χ3v) is 4.55. The van der Waals surface area contributed by atoms with Gasteiger partial charge in [0.05, 0.1) is 4.92 Å². The van der Waals surface area contributed by atoms with Gasteiger partial charge in [-0.2, -0.15) is 0 Å². The van der Waals surface area contributed by atoms with Gasteiger partial charge in [0.25, 0.3) is 11.6 Å². The molecule has 0 radical (unpaired) electrons. The average molecular weight is 424 g/mol. The molecule has 7 nitrogen and oxygen atoms in total. The summed E-state index contributed by atoms with van der Waals surface area (Å²) in [6.45, 7) is 3.83. The molecule has 28 heavy (non-hydrogen) atoms. The number of nitro benzene ring substituents is 1. The number of hydrogen-bond acceptors (Lipinski definition) is 4. The number of rotatable bonds is 7. The number of amides is 2. The summed E-state index contributed by atoms with van der Waals surface area (Å²) in [6, 6.07) is 9.97. The Morgan fingerprint density at radius 1 is 1.14 bits per heavy atom. The van der Waals surface area contributed by atoms with Gasteiger partial charge < -0.3 is 10.6 Å². The maximum absolute atomic E-state index is 12.6. The molecule has 2 aromatic rings. The fourth-order valence-electron chi connectivity index (χ4n) is 2.50. The molecule has 0 aliphatic heterocycles. The minimum absolute atomic E-state index is 0.0457. The molecule has 1 unspecified atom stereocenters. The Morgan fingerprint density at radius 2 is 1.86 bits per heavy atom. The lowest BCUT2D eigenvalue weighted by molar-refractivity contribution is -0.384. The standard InChI is InChI=1S/C19H19Cl2N3O4/c1-11(2)17(19(26)22-10-12-4-3-5-14(20)8-12)23-18(25)13-6-7-15(21)16(9-13)24(27)28/h3-9,11,17H,10H2,1-2H3,(H,22,26)(H,23,25). The molecule has 0 spiro atoms. The van der Waals surface area contributed by atoms with E-state index in [-0.39, 0.29) is 34.6 Å². The molecule has 0 saturated heterocycles. The van der Waals surface area contributed by atoms with Crippen molar-refractivity contribution >= 4 is 40.7 Å². The molecule has 0 fully saturated rings. The number of benzene rings is 2.